The maximum Gasteiger partial charge on any atom is 0.355 e. The van der Waals surface area contributed by atoms with Crippen LogP contribution in [0.25, 0.3) is 21.7 Å². The summed E-state index contributed by atoms with van der Waals surface area (Å²) in [5.41, 5.74) is 0.561. The molecule has 6 nitrogen and oxygen atoms in total. The summed E-state index contributed by atoms with van der Waals surface area (Å²) in [6.07, 6.45) is 1.69. The van der Waals surface area contributed by atoms with Gasteiger partial charge in [0.05, 0.1) is 5.52 Å². The largest absolute Gasteiger partial charge is 0.455 e. The van der Waals surface area contributed by atoms with Crippen molar-refractivity contribution in [2.45, 2.75) is 33.1 Å². The number of nitrogens with two attached hydrogens (primary N) is 1. The highest BCUT2D eigenvalue weighted by Gasteiger charge is 2.23. The highest BCUT2D eigenvalue weighted by Crippen LogP contribution is 2.30. The molecule has 0 unspecified atom stereocenters. The van der Waals surface area contributed by atoms with Gasteiger partial charge in [0.1, 0.15) is 23.2 Å². The van der Waals surface area contributed by atoms with Gasteiger partial charge in [0.25, 0.3) is 0 Å². The van der Waals surface area contributed by atoms with E-state index in [2.05, 4.69) is 4.98 Å². The molecule has 0 aliphatic carbocycles. The summed E-state index contributed by atoms with van der Waals surface area (Å²) in [5.74, 6) is 4.83. The molecule has 2 aromatic heterocycles. The van der Waals surface area contributed by atoms with Gasteiger partial charge in [-0.25, -0.2) is 15.7 Å². The minimum Gasteiger partial charge on any atom is -0.455 e. The Kier molecular flexibility index (Phi) is 4.21. The molecule has 0 saturated carbocycles. The van der Waals surface area contributed by atoms with Gasteiger partial charge in [-0.15, -0.1) is 0 Å². The lowest BCUT2D eigenvalue weighted by molar-refractivity contribution is 0.00405. The summed E-state index contributed by atoms with van der Waals surface area (Å²) in [5, 5.41) is 3.00. The van der Waals surface area contributed by atoms with E-state index in [0.29, 0.717) is 10.8 Å². The molecule has 2 N–H and O–H groups in total. The smallest absolute Gasteiger partial charge is 0.355 e. The highest BCUT2D eigenvalue weighted by atomic mass is 35.5. The number of rotatable bonds is 3. The molecule has 1 aromatic carbocycles. The number of aromatic nitrogens is 2. The van der Waals surface area contributed by atoms with Crippen molar-refractivity contribution in [3.8, 4) is 0 Å². The average molecular weight is 348 g/mol. The molecule has 0 radical (unpaired) electrons. The van der Waals surface area contributed by atoms with Crippen LogP contribution in [0.3, 0.4) is 0 Å². The third-order valence-corrected chi connectivity index (χ3v) is 3.74. The van der Waals surface area contributed by atoms with E-state index in [-0.39, 0.29) is 6.73 Å². The second kappa shape index (κ2) is 6.05. The molecule has 3 aromatic rings. The number of carbonyl (C=O) groups is 1. The molecule has 0 spiro atoms. The Labute approximate surface area is 144 Å². The topological polar surface area (TPSA) is 79.4 Å². The zero-order valence-corrected chi connectivity index (χ0v) is 14.4. The fourth-order valence-corrected chi connectivity index (χ4v) is 2.82. The molecular weight excluding hydrogens is 330 g/mol. The van der Waals surface area contributed by atoms with E-state index in [9.17, 15) is 4.79 Å². The Morgan fingerprint density at radius 1 is 1.29 bits per heavy atom. The molecule has 0 amide bonds. The Hall–Kier alpha value is -2.15. The van der Waals surface area contributed by atoms with Crippen LogP contribution in [0.2, 0.25) is 5.15 Å². The lowest BCUT2D eigenvalue weighted by atomic mass is 10.1. The maximum absolute atomic E-state index is 12.6. The number of ether oxygens (including phenoxy) is 1. The molecule has 0 aliphatic rings. The van der Waals surface area contributed by atoms with Crippen LogP contribution in [-0.4, -0.2) is 21.1 Å². The zero-order chi connectivity index (χ0) is 17.5. The average Bonchev–Trinajstić information content (AvgIpc) is 2.85. The van der Waals surface area contributed by atoms with Gasteiger partial charge in [0, 0.05) is 22.4 Å². The fraction of sp³-hybridized carbons (Fsp3) is 0.294. The Morgan fingerprint density at radius 3 is 2.67 bits per heavy atom. The van der Waals surface area contributed by atoms with Crippen LogP contribution in [-0.2, 0) is 16.3 Å². The molecular formula is C17H18ClN3O3. The van der Waals surface area contributed by atoms with E-state index in [1.54, 1.807) is 22.9 Å². The SMILES string of the molecule is CC(C)(C)OC(=O)c1cc2ccc3cnc(Cl)cc3c2n1CON. The van der Waals surface area contributed by atoms with Crippen molar-refractivity contribution in [1.29, 1.82) is 0 Å². The van der Waals surface area contributed by atoms with Crippen molar-refractivity contribution in [3.63, 3.8) is 0 Å². The summed E-state index contributed by atoms with van der Waals surface area (Å²) in [6.45, 7) is 5.46. The summed E-state index contributed by atoms with van der Waals surface area (Å²) in [4.78, 5) is 21.4. The summed E-state index contributed by atoms with van der Waals surface area (Å²) < 4.78 is 7.16. The Bertz CT molecular complexity index is 928. The summed E-state index contributed by atoms with van der Waals surface area (Å²) >= 11 is 6.04. The number of halogens is 1. The van der Waals surface area contributed by atoms with Crippen LogP contribution >= 0.6 is 11.6 Å². The van der Waals surface area contributed by atoms with Crippen molar-refractivity contribution in [3.05, 3.63) is 41.3 Å². The molecule has 0 fully saturated rings. The van der Waals surface area contributed by atoms with Crippen LogP contribution < -0.4 is 5.90 Å². The van der Waals surface area contributed by atoms with Crippen molar-refractivity contribution in [2.75, 3.05) is 0 Å². The lowest BCUT2D eigenvalue weighted by Crippen LogP contribution is -2.26. The number of hydrogen-bond donors (Lipinski definition) is 1. The molecule has 3 rings (SSSR count). The first-order valence-corrected chi connectivity index (χ1v) is 7.80. The van der Waals surface area contributed by atoms with Gasteiger partial charge in [0.15, 0.2) is 0 Å². The van der Waals surface area contributed by atoms with E-state index in [1.807, 2.05) is 32.9 Å². The number of nitrogens with zero attached hydrogens (tertiary/aromatic N) is 2. The zero-order valence-electron chi connectivity index (χ0n) is 13.7. The molecule has 126 valence electrons. The number of benzene rings is 1. The molecule has 0 saturated heterocycles. The van der Waals surface area contributed by atoms with Gasteiger partial charge in [-0.3, -0.25) is 4.84 Å². The lowest BCUT2D eigenvalue weighted by Gasteiger charge is -2.20. The normalized spacial score (nSPS) is 12.0. The monoisotopic (exact) mass is 347 g/mol. The third-order valence-electron chi connectivity index (χ3n) is 3.54. The number of carbonyl (C=O) groups excluding carboxylic acids is 1. The number of fused-ring (bicyclic) bond motifs is 3. The highest BCUT2D eigenvalue weighted by molar-refractivity contribution is 6.30. The van der Waals surface area contributed by atoms with E-state index < -0.39 is 11.6 Å². The van der Waals surface area contributed by atoms with Crippen LogP contribution in [0.4, 0.5) is 0 Å². The van der Waals surface area contributed by atoms with Gasteiger partial charge in [0.2, 0.25) is 0 Å². The first-order valence-electron chi connectivity index (χ1n) is 7.43. The van der Waals surface area contributed by atoms with Crippen LogP contribution in [0.15, 0.2) is 30.5 Å². The predicted molar refractivity (Wildman–Crippen MR) is 92.7 cm³/mol. The van der Waals surface area contributed by atoms with Crippen molar-refractivity contribution in [2.24, 2.45) is 5.90 Å². The third kappa shape index (κ3) is 3.08. The predicted octanol–water partition coefficient (Wildman–Crippen LogP) is 3.65. The molecule has 0 aliphatic heterocycles. The summed E-state index contributed by atoms with van der Waals surface area (Å²) in [6, 6.07) is 7.35. The van der Waals surface area contributed by atoms with Gasteiger partial charge in [-0.1, -0.05) is 23.7 Å². The molecule has 2 heterocycles. The molecule has 24 heavy (non-hydrogen) atoms. The quantitative estimate of drug-likeness (QED) is 0.444. The maximum atomic E-state index is 12.6. The standard InChI is InChI=1S/C17H18ClN3O3/c1-17(2,3)24-16(22)13-6-10-4-5-11-8-20-14(18)7-12(11)15(10)21(13)9-23-19/h4-8H,9,19H2,1-3H3. The van der Waals surface area contributed by atoms with Crippen LogP contribution in [0.5, 0.6) is 0 Å². The minimum atomic E-state index is -0.600. The molecule has 0 atom stereocenters. The number of esters is 1. The molecule has 0 bridgehead atoms. The van der Waals surface area contributed by atoms with Crippen molar-refractivity contribution >= 4 is 39.2 Å². The second-order valence-corrected chi connectivity index (χ2v) is 6.87. The van der Waals surface area contributed by atoms with Crippen molar-refractivity contribution < 1.29 is 14.4 Å². The minimum absolute atomic E-state index is 0.0110. The Morgan fingerprint density at radius 2 is 2.00 bits per heavy atom. The van der Waals surface area contributed by atoms with Crippen molar-refractivity contribution in [1.82, 2.24) is 9.55 Å². The first-order chi connectivity index (χ1) is 11.3. The number of pyridine rings is 1. The van der Waals surface area contributed by atoms with Gasteiger partial charge in [-0.2, -0.15) is 0 Å². The van der Waals surface area contributed by atoms with E-state index in [0.717, 1.165) is 21.7 Å². The van der Waals surface area contributed by atoms with E-state index in [4.69, 9.17) is 27.1 Å². The van der Waals surface area contributed by atoms with Crippen LogP contribution in [0, 0.1) is 0 Å². The van der Waals surface area contributed by atoms with E-state index >= 15 is 0 Å². The first kappa shape index (κ1) is 16.7. The van der Waals surface area contributed by atoms with Gasteiger partial charge < -0.3 is 9.30 Å². The Balaban J connectivity index is 2.27. The van der Waals surface area contributed by atoms with E-state index in [1.165, 1.54) is 0 Å². The molecule has 7 heteroatoms. The number of hydrogen-bond acceptors (Lipinski definition) is 5. The second-order valence-electron chi connectivity index (χ2n) is 6.49. The van der Waals surface area contributed by atoms with Gasteiger partial charge in [-0.05, 0) is 32.9 Å². The van der Waals surface area contributed by atoms with Crippen LogP contribution in [0.1, 0.15) is 31.3 Å². The fourth-order valence-electron chi connectivity index (χ4n) is 2.66. The van der Waals surface area contributed by atoms with Gasteiger partial charge >= 0.3 is 5.97 Å². The summed E-state index contributed by atoms with van der Waals surface area (Å²) in [7, 11) is 0.